The van der Waals surface area contributed by atoms with E-state index in [0.717, 1.165) is 40.1 Å². The number of anilines is 1. The second-order valence-corrected chi connectivity index (χ2v) is 10.0. The van der Waals surface area contributed by atoms with Gasteiger partial charge in [0, 0.05) is 11.3 Å². The van der Waals surface area contributed by atoms with E-state index in [1.54, 1.807) is 11.3 Å². The van der Waals surface area contributed by atoms with E-state index in [9.17, 15) is 14.9 Å². The molecule has 1 unspecified atom stereocenters. The molecule has 0 saturated carbocycles. The number of fused-ring (bicyclic) bond motifs is 2. The molecule has 0 radical (unpaired) electrons. The second kappa shape index (κ2) is 9.58. The first-order valence-corrected chi connectivity index (χ1v) is 12.0. The molecule has 1 N–H and O–H groups in total. The highest BCUT2D eigenvalue weighted by Crippen LogP contribution is 2.39. The van der Waals surface area contributed by atoms with Crippen molar-refractivity contribution in [3.63, 3.8) is 0 Å². The fourth-order valence-corrected chi connectivity index (χ4v) is 6.14. The van der Waals surface area contributed by atoms with Gasteiger partial charge in [0.25, 0.3) is 5.91 Å². The summed E-state index contributed by atoms with van der Waals surface area (Å²) in [5, 5.41) is 13.8. The van der Waals surface area contributed by atoms with Gasteiger partial charge in [-0.25, -0.2) is 4.98 Å². The minimum absolute atomic E-state index is 0.234. The Bertz CT molecular complexity index is 1130. The normalized spacial score (nSPS) is 15.3. The van der Waals surface area contributed by atoms with Crippen LogP contribution >= 0.6 is 22.7 Å². The molecule has 0 bridgehead atoms. The molecule has 31 heavy (non-hydrogen) atoms. The smallest absolute Gasteiger partial charge is 0.306 e. The first kappa shape index (κ1) is 21.5. The van der Waals surface area contributed by atoms with Gasteiger partial charge in [0.05, 0.1) is 20.8 Å². The lowest BCUT2D eigenvalue weighted by atomic mass is 9.89. The third kappa shape index (κ3) is 5.12. The van der Waals surface area contributed by atoms with Gasteiger partial charge in [-0.2, -0.15) is 5.26 Å². The van der Waals surface area contributed by atoms with Crippen LogP contribution in [-0.2, 0) is 33.6 Å². The monoisotopic (exact) mass is 453 g/mol. The minimum Gasteiger partial charge on any atom is -0.456 e. The Balaban J connectivity index is 1.23. The quantitative estimate of drug-likeness (QED) is 0.516. The lowest BCUT2D eigenvalue weighted by Crippen LogP contribution is -2.20. The third-order valence-electron chi connectivity index (χ3n) is 5.35. The highest BCUT2D eigenvalue weighted by Gasteiger charge is 2.24. The highest BCUT2D eigenvalue weighted by molar-refractivity contribution is 7.18. The standard InChI is InChI=1S/C23H23N3O3S2/c1-14-9-10-15-16(12-24)23(31-19(15)11-14)26-20(27)13-29-22(28)8-4-7-21-25-17-5-2-3-6-18(17)30-21/h2-3,5-6,14H,4,7-11,13H2,1H3,(H,26,27). The zero-order chi connectivity index (χ0) is 21.8. The number of aryl methyl sites for hydroxylation is 1. The number of hydrogen-bond donors (Lipinski definition) is 1. The van der Waals surface area contributed by atoms with E-state index in [2.05, 4.69) is 23.3 Å². The summed E-state index contributed by atoms with van der Waals surface area (Å²) in [6.07, 6.45) is 4.42. The number of carbonyl (C=O) groups is 2. The van der Waals surface area contributed by atoms with Crippen LogP contribution in [0.2, 0.25) is 0 Å². The van der Waals surface area contributed by atoms with Crippen LogP contribution in [-0.4, -0.2) is 23.5 Å². The predicted octanol–water partition coefficient (Wildman–Crippen LogP) is 4.86. The summed E-state index contributed by atoms with van der Waals surface area (Å²) in [7, 11) is 0. The number of esters is 1. The van der Waals surface area contributed by atoms with Crippen LogP contribution in [0.4, 0.5) is 5.00 Å². The van der Waals surface area contributed by atoms with Crippen molar-refractivity contribution in [3.05, 3.63) is 45.3 Å². The molecule has 6 nitrogen and oxygen atoms in total. The van der Waals surface area contributed by atoms with Gasteiger partial charge < -0.3 is 10.1 Å². The number of aromatic nitrogens is 1. The van der Waals surface area contributed by atoms with Crippen LogP contribution in [0.5, 0.6) is 0 Å². The van der Waals surface area contributed by atoms with Crippen molar-refractivity contribution >= 4 is 49.8 Å². The number of hydrogen-bond acceptors (Lipinski definition) is 7. The van der Waals surface area contributed by atoms with Gasteiger partial charge in [-0.1, -0.05) is 19.1 Å². The summed E-state index contributed by atoms with van der Waals surface area (Å²) in [6, 6.07) is 10.2. The van der Waals surface area contributed by atoms with Gasteiger partial charge in [0.15, 0.2) is 6.61 Å². The lowest BCUT2D eigenvalue weighted by Gasteiger charge is -2.17. The molecule has 4 rings (SSSR count). The zero-order valence-corrected chi connectivity index (χ0v) is 18.9. The Labute approximate surface area is 188 Å². The average molecular weight is 454 g/mol. The molecule has 2 heterocycles. The molecule has 1 amide bonds. The lowest BCUT2D eigenvalue weighted by molar-refractivity contribution is -0.147. The number of para-hydroxylation sites is 1. The predicted molar refractivity (Wildman–Crippen MR) is 122 cm³/mol. The number of rotatable bonds is 7. The Hall–Kier alpha value is -2.76. The van der Waals surface area contributed by atoms with E-state index in [1.807, 2.05) is 24.3 Å². The van der Waals surface area contributed by atoms with Crippen LogP contribution in [0.1, 0.15) is 47.2 Å². The van der Waals surface area contributed by atoms with Crippen molar-refractivity contribution in [2.75, 3.05) is 11.9 Å². The molecule has 1 aliphatic carbocycles. The highest BCUT2D eigenvalue weighted by atomic mass is 32.1. The average Bonchev–Trinajstić information content (AvgIpc) is 3.31. The third-order valence-corrected chi connectivity index (χ3v) is 7.62. The molecule has 2 aromatic heterocycles. The fraction of sp³-hybridized carbons (Fsp3) is 0.391. The number of benzene rings is 1. The van der Waals surface area contributed by atoms with Crippen LogP contribution < -0.4 is 5.32 Å². The van der Waals surface area contributed by atoms with E-state index in [1.165, 1.54) is 16.2 Å². The van der Waals surface area contributed by atoms with Crippen molar-refractivity contribution in [3.8, 4) is 6.07 Å². The molecule has 0 fully saturated rings. The van der Waals surface area contributed by atoms with Crippen molar-refractivity contribution in [1.29, 1.82) is 5.26 Å². The van der Waals surface area contributed by atoms with Gasteiger partial charge in [-0.05, 0) is 55.7 Å². The maximum atomic E-state index is 12.3. The number of ether oxygens (including phenoxy) is 1. The molecule has 1 atom stereocenters. The van der Waals surface area contributed by atoms with E-state index < -0.39 is 11.9 Å². The largest absolute Gasteiger partial charge is 0.456 e. The van der Waals surface area contributed by atoms with Crippen LogP contribution in [0, 0.1) is 17.2 Å². The van der Waals surface area contributed by atoms with Crippen LogP contribution in [0.3, 0.4) is 0 Å². The van der Waals surface area contributed by atoms with Crippen LogP contribution in [0.25, 0.3) is 10.2 Å². The summed E-state index contributed by atoms with van der Waals surface area (Å²) in [4.78, 5) is 30.0. The van der Waals surface area contributed by atoms with E-state index in [0.29, 0.717) is 29.3 Å². The summed E-state index contributed by atoms with van der Waals surface area (Å²) >= 11 is 3.10. The number of amides is 1. The van der Waals surface area contributed by atoms with Gasteiger partial charge >= 0.3 is 5.97 Å². The molecule has 1 aromatic carbocycles. The molecular weight excluding hydrogens is 430 g/mol. The van der Waals surface area contributed by atoms with Gasteiger partial charge in [-0.3, -0.25) is 9.59 Å². The maximum Gasteiger partial charge on any atom is 0.306 e. The van der Waals surface area contributed by atoms with E-state index >= 15 is 0 Å². The number of thiazole rings is 1. The molecule has 160 valence electrons. The number of nitrogens with one attached hydrogen (secondary N) is 1. The minimum atomic E-state index is -0.414. The number of thiophene rings is 1. The van der Waals surface area contributed by atoms with E-state index in [-0.39, 0.29) is 13.0 Å². The Morgan fingerprint density at radius 1 is 1.32 bits per heavy atom. The summed E-state index contributed by atoms with van der Waals surface area (Å²) in [5.41, 5.74) is 2.60. The number of nitrogens with zero attached hydrogens (tertiary/aromatic N) is 2. The van der Waals surface area contributed by atoms with Gasteiger partial charge in [0.1, 0.15) is 11.1 Å². The van der Waals surface area contributed by atoms with E-state index in [4.69, 9.17) is 4.74 Å². The first-order chi connectivity index (χ1) is 15.0. The fourth-order valence-electron chi connectivity index (χ4n) is 3.75. The number of nitriles is 1. The number of carbonyl (C=O) groups excluding carboxylic acids is 2. The first-order valence-electron chi connectivity index (χ1n) is 10.4. The van der Waals surface area contributed by atoms with Crippen LogP contribution in [0.15, 0.2) is 24.3 Å². The Morgan fingerprint density at radius 2 is 2.16 bits per heavy atom. The summed E-state index contributed by atoms with van der Waals surface area (Å²) in [6.45, 7) is 1.85. The summed E-state index contributed by atoms with van der Waals surface area (Å²) < 4.78 is 6.26. The van der Waals surface area contributed by atoms with Crippen molar-refractivity contribution in [2.45, 2.75) is 45.4 Å². The van der Waals surface area contributed by atoms with Crippen molar-refractivity contribution in [2.24, 2.45) is 5.92 Å². The molecular formula is C23H23N3O3S2. The second-order valence-electron chi connectivity index (χ2n) is 7.81. The van der Waals surface area contributed by atoms with Crippen molar-refractivity contribution in [1.82, 2.24) is 4.98 Å². The zero-order valence-electron chi connectivity index (χ0n) is 17.3. The molecule has 0 spiro atoms. The molecule has 0 aliphatic heterocycles. The molecule has 0 saturated heterocycles. The SMILES string of the molecule is CC1CCc2c(sc(NC(=O)COC(=O)CCCc3nc4ccccc4s3)c2C#N)C1. The Kier molecular flexibility index (Phi) is 6.64. The molecule has 3 aromatic rings. The molecule has 8 heteroatoms. The molecule has 1 aliphatic rings. The van der Waals surface area contributed by atoms with Crippen molar-refractivity contribution < 1.29 is 14.3 Å². The van der Waals surface area contributed by atoms with Gasteiger partial charge in [-0.15, -0.1) is 22.7 Å². The maximum absolute atomic E-state index is 12.3. The topological polar surface area (TPSA) is 92.1 Å². The Morgan fingerprint density at radius 3 is 2.97 bits per heavy atom. The van der Waals surface area contributed by atoms with Gasteiger partial charge in [0.2, 0.25) is 0 Å². The summed E-state index contributed by atoms with van der Waals surface area (Å²) in [5.74, 6) is -0.233.